The molecule has 2 N–H and O–H groups in total. The fraction of sp³-hybridized carbons (Fsp3) is 0.333. The molecule has 2 unspecified atom stereocenters. The molecule has 0 amide bonds. The van der Waals surface area contributed by atoms with Gasteiger partial charge >= 0.3 is 0 Å². The maximum absolute atomic E-state index is 12.4. The van der Waals surface area contributed by atoms with Crippen molar-refractivity contribution in [1.82, 2.24) is 10.2 Å². The largest absolute Gasteiger partial charge is 0.270 e. The van der Waals surface area contributed by atoms with Crippen LogP contribution in [0.15, 0.2) is 72.4 Å². The molecule has 0 saturated carbocycles. The smallest absolute Gasteiger partial charge is 0.211 e. The van der Waals surface area contributed by atoms with Gasteiger partial charge in [0.05, 0.1) is 11.8 Å². The fourth-order valence-electron chi connectivity index (χ4n) is 3.17. The maximum atomic E-state index is 12.4. The van der Waals surface area contributed by atoms with Gasteiger partial charge in [-0.05, 0) is 30.0 Å². The Morgan fingerprint density at radius 3 is 2.30 bits per heavy atom. The van der Waals surface area contributed by atoms with Crippen molar-refractivity contribution in [1.29, 1.82) is 0 Å². The van der Waals surface area contributed by atoms with Gasteiger partial charge in [-0.1, -0.05) is 67.6 Å². The summed E-state index contributed by atoms with van der Waals surface area (Å²) in [6.07, 6.45) is 3.47. The Kier molecular flexibility index (Phi) is 6.66. The number of rotatable bonds is 9. The van der Waals surface area contributed by atoms with Crippen molar-refractivity contribution in [2.24, 2.45) is 0 Å². The van der Waals surface area contributed by atoms with Crippen LogP contribution >= 0.6 is 0 Å². The first-order valence-electron chi connectivity index (χ1n) is 9.26. The van der Waals surface area contributed by atoms with E-state index in [9.17, 15) is 8.42 Å². The monoisotopic (exact) mass is 386 g/mol. The number of sulfonamides is 1. The molecule has 6 heteroatoms. The second-order valence-electron chi connectivity index (χ2n) is 6.77. The minimum Gasteiger partial charge on any atom is -0.270 e. The summed E-state index contributed by atoms with van der Waals surface area (Å²) in [6, 6.07) is 19.6. The topological polar surface area (TPSA) is 67.4 Å². The molecule has 0 spiro atoms. The molecule has 2 atom stereocenters. The predicted octanol–water partition coefficient (Wildman–Crippen LogP) is 2.96. The molecular weight excluding hydrogens is 360 g/mol. The van der Waals surface area contributed by atoms with E-state index in [1.807, 2.05) is 61.5 Å². The molecule has 0 aromatic heterocycles. The van der Waals surface area contributed by atoms with Crippen molar-refractivity contribution in [3.05, 3.63) is 83.6 Å². The lowest BCUT2D eigenvalue weighted by molar-refractivity contribution is 0.0248. The van der Waals surface area contributed by atoms with E-state index in [1.54, 1.807) is 0 Å². The average molecular weight is 387 g/mol. The van der Waals surface area contributed by atoms with Crippen LogP contribution in [0.4, 0.5) is 0 Å². The van der Waals surface area contributed by atoms with Crippen LogP contribution in [0.25, 0.3) is 0 Å². The Morgan fingerprint density at radius 1 is 1.04 bits per heavy atom. The molecule has 2 aromatic carbocycles. The van der Waals surface area contributed by atoms with Crippen LogP contribution in [-0.4, -0.2) is 26.3 Å². The highest BCUT2D eigenvalue weighted by Crippen LogP contribution is 2.18. The lowest BCUT2D eigenvalue weighted by Gasteiger charge is -2.22. The summed E-state index contributed by atoms with van der Waals surface area (Å²) >= 11 is 0. The molecule has 0 radical (unpaired) electrons. The summed E-state index contributed by atoms with van der Waals surface area (Å²) < 4.78 is 27.5. The van der Waals surface area contributed by atoms with Gasteiger partial charge < -0.3 is 0 Å². The van der Waals surface area contributed by atoms with Gasteiger partial charge in [0, 0.05) is 12.1 Å². The summed E-state index contributed by atoms with van der Waals surface area (Å²) in [6.45, 7) is 1.86. The van der Waals surface area contributed by atoms with Crippen molar-refractivity contribution in [2.45, 2.75) is 38.3 Å². The minimum atomic E-state index is -3.35. The van der Waals surface area contributed by atoms with E-state index < -0.39 is 10.0 Å². The Balaban J connectivity index is 1.75. The summed E-state index contributed by atoms with van der Waals surface area (Å²) in [5.41, 5.74) is 6.15. The van der Waals surface area contributed by atoms with E-state index in [4.69, 9.17) is 4.84 Å². The molecule has 2 aromatic rings. The zero-order valence-corrected chi connectivity index (χ0v) is 16.3. The molecule has 0 bridgehead atoms. The van der Waals surface area contributed by atoms with Gasteiger partial charge in [0.2, 0.25) is 10.0 Å². The molecule has 1 aliphatic heterocycles. The van der Waals surface area contributed by atoms with Gasteiger partial charge in [-0.15, -0.1) is 0 Å². The third-order valence-electron chi connectivity index (χ3n) is 4.43. The van der Waals surface area contributed by atoms with Crippen molar-refractivity contribution >= 4 is 10.0 Å². The highest BCUT2D eigenvalue weighted by atomic mass is 32.2. The SMILES string of the molecule is CCCS(=O)(=O)NC(Cc1ccccc1)C1C=C(Cc2ccccc2)NO1. The van der Waals surface area contributed by atoms with Gasteiger partial charge in [0.15, 0.2) is 0 Å². The van der Waals surface area contributed by atoms with Crippen LogP contribution in [0.5, 0.6) is 0 Å². The molecule has 1 heterocycles. The predicted molar refractivity (Wildman–Crippen MR) is 107 cm³/mol. The van der Waals surface area contributed by atoms with E-state index in [0.29, 0.717) is 12.8 Å². The summed E-state index contributed by atoms with van der Waals surface area (Å²) in [5.74, 6) is 0.110. The van der Waals surface area contributed by atoms with Crippen molar-refractivity contribution < 1.29 is 13.3 Å². The van der Waals surface area contributed by atoms with Crippen molar-refractivity contribution in [2.75, 3.05) is 5.75 Å². The van der Waals surface area contributed by atoms with Crippen LogP contribution in [0.2, 0.25) is 0 Å². The highest BCUT2D eigenvalue weighted by Gasteiger charge is 2.29. The Hall–Kier alpha value is -2.15. The molecule has 0 saturated heterocycles. The number of allylic oxidation sites excluding steroid dienone is 1. The van der Waals surface area contributed by atoms with Gasteiger partial charge in [-0.3, -0.25) is 10.3 Å². The number of hydroxylamine groups is 1. The van der Waals surface area contributed by atoms with Crippen molar-refractivity contribution in [3.63, 3.8) is 0 Å². The van der Waals surface area contributed by atoms with E-state index in [-0.39, 0.29) is 17.9 Å². The Bertz CT molecular complexity index is 852. The number of benzene rings is 2. The van der Waals surface area contributed by atoms with E-state index in [1.165, 1.54) is 5.56 Å². The lowest BCUT2D eigenvalue weighted by atomic mass is 10.0. The summed E-state index contributed by atoms with van der Waals surface area (Å²) in [4.78, 5) is 5.73. The quantitative estimate of drug-likeness (QED) is 0.695. The van der Waals surface area contributed by atoms with Gasteiger partial charge in [-0.25, -0.2) is 13.1 Å². The van der Waals surface area contributed by atoms with Crippen LogP contribution in [0, 0.1) is 0 Å². The van der Waals surface area contributed by atoms with Crippen LogP contribution in [0.3, 0.4) is 0 Å². The molecule has 0 fully saturated rings. The van der Waals surface area contributed by atoms with Crippen LogP contribution < -0.4 is 10.2 Å². The number of nitrogens with one attached hydrogen (secondary N) is 2. The molecular formula is C21H26N2O3S. The Labute approximate surface area is 161 Å². The zero-order chi connectivity index (χ0) is 19.1. The van der Waals surface area contributed by atoms with E-state index in [2.05, 4.69) is 22.3 Å². The van der Waals surface area contributed by atoms with E-state index in [0.717, 1.165) is 17.7 Å². The second-order valence-corrected chi connectivity index (χ2v) is 8.65. The first kappa shape index (κ1) is 19.6. The maximum Gasteiger partial charge on any atom is 0.211 e. The number of hydrogen-bond acceptors (Lipinski definition) is 4. The van der Waals surface area contributed by atoms with Gasteiger partial charge in [0.1, 0.15) is 6.10 Å². The van der Waals surface area contributed by atoms with Crippen molar-refractivity contribution in [3.8, 4) is 0 Å². The van der Waals surface area contributed by atoms with Gasteiger partial charge in [0.25, 0.3) is 0 Å². The summed E-state index contributed by atoms with van der Waals surface area (Å²) in [5, 5.41) is 0. The Morgan fingerprint density at radius 2 is 1.67 bits per heavy atom. The zero-order valence-electron chi connectivity index (χ0n) is 15.5. The standard InChI is InChI=1S/C21H26N2O3S/c1-2-13-27(24,25)23-20(15-18-11-7-4-8-12-18)21-16-19(22-26-21)14-17-9-5-3-6-10-17/h3-12,16,20-23H,2,13-15H2,1H3. The third kappa shape index (κ3) is 5.92. The van der Waals surface area contributed by atoms with Gasteiger partial charge in [-0.2, -0.15) is 0 Å². The molecule has 144 valence electrons. The van der Waals surface area contributed by atoms with Crippen LogP contribution in [0.1, 0.15) is 24.5 Å². The molecule has 3 rings (SSSR count). The molecule has 27 heavy (non-hydrogen) atoms. The van der Waals surface area contributed by atoms with Crippen LogP contribution in [-0.2, 0) is 27.7 Å². The normalized spacial score (nSPS) is 18.0. The second kappa shape index (κ2) is 9.17. The molecule has 0 aliphatic carbocycles. The molecule has 1 aliphatic rings. The highest BCUT2D eigenvalue weighted by molar-refractivity contribution is 7.89. The molecule has 5 nitrogen and oxygen atoms in total. The first-order chi connectivity index (χ1) is 13.1. The first-order valence-corrected chi connectivity index (χ1v) is 10.9. The minimum absolute atomic E-state index is 0.110. The lowest BCUT2D eigenvalue weighted by Crippen LogP contribution is -2.45. The summed E-state index contributed by atoms with van der Waals surface area (Å²) in [7, 11) is -3.35. The average Bonchev–Trinajstić information content (AvgIpc) is 3.11. The van der Waals surface area contributed by atoms with E-state index >= 15 is 0 Å². The third-order valence-corrected chi connectivity index (χ3v) is 6.04. The number of hydrogen-bond donors (Lipinski definition) is 2. The fourth-order valence-corrected chi connectivity index (χ4v) is 4.50.